The van der Waals surface area contributed by atoms with Crippen LogP contribution < -0.4 is 4.74 Å². The largest absolute Gasteiger partial charge is 0.491 e. The van der Waals surface area contributed by atoms with E-state index in [-0.39, 0.29) is 6.10 Å². The lowest BCUT2D eigenvalue weighted by Crippen LogP contribution is -2.53. The van der Waals surface area contributed by atoms with Crippen molar-refractivity contribution in [3.05, 3.63) is 64.1 Å². The first kappa shape index (κ1) is 24.7. The van der Waals surface area contributed by atoms with Gasteiger partial charge in [0.2, 0.25) is 0 Å². The molecule has 2 aliphatic rings. The van der Waals surface area contributed by atoms with E-state index in [1.54, 1.807) is 0 Å². The molecule has 0 spiro atoms. The van der Waals surface area contributed by atoms with E-state index in [9.17, 15) is 0 Å². The van der Waals surface area contributed by atoms with Gasteiger partial charge in [-0.1, -0.05) is 46.3 Å². The Hall–Kier alpha value is -1.40. The lowest BCUT2D eigenvalue weighted by molar-refractivity contribution is 0.0302. The van der Waals surface area contributed by atoms with Crippen molar-refractivity contribution >= 4 is 15.9 Å². The number of nitrogens with zero attached hydrogens (tertiary/aromatic N) is 3. The zero-order valence-corrected chi connectivity index (χ0v) is 22.1. The number of hydrogen-bond donors (Lipinski definition) is 0. The van der Waals surface area contributed by atoms with Crippen LogP contribution in [0.1, 0.15) is 44.2 Å². The number of piperidine rings is 1. The first-order chi connectivity index (χ1) is 16.0. The number of halogens is 1. The molecule has 0 aliphatic carbocycles. The standard InChI is InChI=1S/C28H40BrN3O/c1-22(2)33-27-9-10-28(29)25(18-27)17-23-11-14-31(15-12-23)20-26-13-16-32(21-30(26)3)19-24-7-5-4-6-8-24/h4-10,18,22-23,26H,11-17,19-21H2,1-3H3. The molecule has 2 aromatic rings. The average Bonchev–Trinajstić information content (AvgIpc) is 2.79. The van der Waals surface area contributed by atoms with Crippen LogP contribution in [0.5, 0.6) is 5.75 Å². The minimum Gasteiger partial charge on any atom is -0.491 e. The van der Waals surface area contributed by atoms with Crippen molar-refractivity contribution in [3.63, 3.8) is 0 Å². The van der Waals surface area contributed by atoms with E-state index >= 15 is 0 Å². The van der Waals surface area contributed by atoms with Crippen LogP contribution in [-0.2, 0) is 13.0 Å². The third-order valence-electron chi connectivity index (χ3n) is 7.15. The molecule has 2 fully saturated rings. The van der Waals surface area contributed by atoms with Crippen molar-refractivity contribution in [1.82, 2.24) is 14.7 Å². The third kappa shape index (κ3) is 7.29. The molecule has 0 aromatic heterocycles. The van der Waals surface area contributed by atoms with Crippen molar-refractivity contribution in [3.8, 4) is 5.75 Å². The van der Waals surface area contributed by atoms with Crippen LogP contribution in [0.15, 0.2) is 53.0 Å². The lowest BCUT2D eigenvalue weighted by Gasteiger charge is -2.43. The Labute approximate surface area is 209 Å². The van der Waals surface area contributed by atoms with Crippen LogP contribution in [0.2, 0.25) is 0 Å². The SMILES string of the molecule is CC(C)Oc1ccc(Br)c(CC2CCN(CC3CCN(Cc4ccccc4)CN3C)CC2)c1. The van der Waals surface area contributed by atoms with Crippen LogP contribution in [0.3, 0.4) is 0 Å². The molecule has 4 nitrogen and oxygen atoms in total. The Kier molecular flexibility index (Phi) is 8.86. The molecule has 2 aromatic carbocycles. The fourth-order valence-corrected chi connectivity index (χ4v) is 5.70. The quantitative estimate of drug-likeness (QED) is 0.453. The van der Waals surface area contributed by atoms with Crippen molar-refractivity contribution in [2.45, 2.75) is 58.2 Å². The highest BCUT2D eigenvalue weighted by Gasteiger charge is 2.28. The predicted octanol–water partition coefficient (Wildman–Crippen LogP) is 5.65. The Balaban J connectivity index is 1.21. The minimum atomic E-state index is 0.214. The molecule has 0 bridgehead atoms. The molecule has 33 heavy (non-hydrogen) atoms. The average molecular weight is 515 g/mol. The molecule has 0 radical (unpaired) electrons. The Morgan fingerprint density at radius 1 is 0.970 bits per heavy atom. The summed E-state index contributed by atoms with van der Waals surface area (Å²) in [5, 5.41) is 0. The van der Waals surface area contributed by atoms with E-state index in [1.807, 2.05) is 0 Å². The summed E-state index contributed by atoms with van der Waals surface area (Å²) in [6, 6.07) is 18.0. The van der Waals surface area contributed by atoms with Gasteiger partial charge in [0.1, 0.15) is 5.75 Å². The van der Waals surface area contributed by atoms with Gasteiger partial charge in [0, 0.05) is 30.1 Å². The molecule has 0 N–H and O–H groups in total. The van der Waals surface area contributed by atoms with Gasteiger partial charge in [-0.05, 0) is 94.9 Å². The molecule has 1 atom stereocenters. The van der Waals surface area contributed by atoms with E-state index in [0.29, 0.717) is 6.04 Å². The number of rotatable bonds is 8. The number of likely N-dealkylation sites (N-methyl/N-ethyl adjacent to an activating group) is 1. The summed E-state index contributed by atoms with van der Waals surface area (Å²) in [5.74, 6) is 1.75. The monoisotopic (exact) mass is 513 g/mol. The lowest BCUT2D eigenvalue weighted by atomic mass is 9.90. The van der Waals surface area contributed by atoms with Crippen LogP contribution in [0.4, 0.5) is 0 Å². The van der Waals surface area contributed by atoms with Crippen LogP contribution >= 0.6 is 15.9 Å². The molecule has 0 saturated carbocycles. The van der Waals surface area contributed by atoms with E-state index in [4.69, 9.17) is 4.74 Å². The minimum absolute atomic E-state index is 0.214. The maximum absolute atomic E-state index is 5.91. The molecule has 180 valence electrons. The van der Waals surface area contributed by atoms with Crippen LogP contribution in [0.25, 0.3) is 0 Å². The van der Waals surface area contributed by atoms with Crippen molar-refractivity contribution in [1.29, 1.82) is 0 Å². The van der Waals surface area contributed by atoms with E-state index in [2.05, 4.69) is 100 Å². The molecule has 0 amide bonds. The van der Waals surface area contributed by atoms with Crippen LogP contribution in [-0.4, -0.2) is 66.7 Å². The molecule has 2 aliphatic heterocycles. The van der Waals surface area contributed by atoms with E-state index < -0.39 is 0 Å². The Morgan fingerprint density at radius 3 is 2.39 bits per heavy atom. The second kappa shape index (κ2) is 11.8. The normalized spacial score (nSPS) is 21.5. The molecule has 4 rings (SSSR count). The topological polar surface area (TPSA) is 19.0 Å². The van der Waals surface area contributed by atoms with Gasteiger partial charge >= 0.3 is 0 Å². The predicted molar refractivity (Wildman–Crippen MR) is 141 cm³/mol. The fraction of sp³-hybridized carbons (Fsp3) is 0.571. The number of hydrogen-bond acceptors (Lipinski definition) is 4. The van der Waals surface area contributed by atoms with Gasteiger partial charge < -0.3 is 9.64 Å². The maximum Gasteiger partial charge on any atom is 0.120 e. The summed E-state index contributed by atoms with van der Waals surface area (Å²) in [5.41, 5.74) is 2.80. The van der Waals surface area contributed by atoms with Gasteiger partial charge in [-0.25, -0.2) is 0 Å². The van der Waals surface area contributed by atoms with Crippen molar-refractivity contribution < 1.29 is 4.74 Å². The van der Waals surface area contributed by atoms with E-state index in [0.717, 1.165) is 31.3 Å². The summed E-state index contributed by atoms with van der Waals surface area (Å²) in [6.45, 7) is 11.2. The van der Waals surface area contributed by atoms with Gasteiger partial charge in [0.15, 0.2) is 0 Å². The molecular weight excluding hydrogens is 474 g/mol. The molecule has 1 unspecified atom stereocenters. The zero-order chi connectivity index (χ0) is 23.2. The number of ether oxygens (including phenoxy) is 1. The smallest absolute Gasteiger partial charge is 0.120 e. The molecular formula is C28H40BrN3O. The van der Waals surface area contributed by atoms with Crippen molar-refractivity contribution in [2.75, 3.05) is 39.9 Å². The zero-order valence-electron chi connectivity index (χ0n) is 20.5. The number of likely N-dealkylation sites (tertiary alicyclic amines) is 1. The summed E-state index contributed by atoms with van der Waals surface area (Å²) < 4.78 is 7.13. The highest BCUT2D eigenvalue weighted by Crippen LogP contribution is 2.29. The van der Waals surface area contributed by atoms with E-state index in [1.165, 1.54) is 61.0 Å². The second-order valence-electron chi connectivity index (χ2n) is 10.2. The highest BCUT2D eigenvalue weighted by molar-refractivity contribution is 9.10. The third-order valence-corrected chi connectivity index (χ3v) is 7.92. The summed E-state index contributed by atoms with van der Waals surface area (Å²) in [7, 11) is 2.30. The Bertz CT molecular complexity index is 867. The fourth-order valence-electron chi connectivity index (χ4n) is 5.29. The first-order valence-electron chi connectivity index (χ1n) is 12.6. The summed E-state index contributed by atoms with van der Waals surface area (Å²) >= 11 is 3.76. The maximum atomic E-state index is 5.91. The van der Waals surface area contributed by atoms with Crippen LogP contribution in [0, 0.1) is 5.92 Å². The van der Waals surface area contributed by atoms with Gasteiger partial charge in [-0.2, -0.15) is 0 Å². The van der Waals surface area contributed by atoms with Gasteiger partial charge in [0.05, 0.1) is 12.8 Å². The second-order valence-corrected chi connectivity index (χ2v) is 11.1. The van der Waals surface area contributed by atoms with Crippen molar-refractivity contribution in [2.24, 2.45) is 5.92 Å². The molecule has 2 saturated heterocycles. The van der Waals surface area contributed by atoms with Gasteiger partial charge in [0.25, 0.3) is 0 Å². The van der Waals surface area contributed by atoms with Gasteiger partial charge in [-0.3, -0.25) is 9.80 Å². The first-order valence-corrected chi connectivity index (χ1v) is 13.4. The number of benzene rings is 2. The Morgan fingerprint density at radius 2 is 1.70 bits per heavy atom. The summed E-state index contributed by atoms with van der Waals surface area (Å²) in [4.78, 5) is 7.85. The highest BCUT2D eigenvalue weighted by atomic mass is 79.9. The summed E-state index contributed by atoms with van der Waals surface area (Å²) in [6.07, 6.45) is 5.20. The molecule has 2 heterocycles. The molecule has 5 heteroatoms. The van der Waals surface area contributed by atoms with Gasteiger partial charge in [-0.15, -0.1) is 0 Å².